The summed E-state index contributed by atoms with van der Waals surface area (Å²) in [6.45, 7) is 5.35. The zero-order valence-corrected chi connectivity index (χ0v) is 20.1. The second kappa shape index (κ2) is 9.76. The van der Waals surface area contributed by atoms with Crippen molar-refractivity contribution in [2.45, 2.75) is 32.9 Å². The number of carbonyl (C=O) groups is 1. The predicted octanol–water partition coefficient (Wildman–Crippen LogP) is 5.02. The van der Waals surface area contributed by atoms with Gasteiger partial charge in [-0.25, -0.2) is 8.42 Å². The lowest BCUT2D eigenvalue weighted by molar-refractivity contribution is -0.122. The summed E-state index contributed by atoms with van der Waals surface area (Å²) < 4.78 is 26.6. The van der Waals surface area contributed by atoms with Crippen molar-refractivity contribution in [2.75, 3.05) is 10.6 Å². The van der Waals surface area contributed by atoms with E-state index in [9.17, 15) is 13.2 Å². The largest absolute Gasteiger partial charge is 0.343 e. The number of amides is 1. The molecule has 0 heterocycles. The van der Waals surface area contributed by atoms with Crippen LogP contribution in [0.25, 0.3) is 0 Å². The molecule has 2 atom stereocenters. The Bertz CT molecular complexity index is 1210. The van der Waals surface area contributed by atoms with E-state index in [1.165, 1.54) is 0 Å². The lowest BCUT2D eigenvalue weighted by Gasteiger charge is -2.31. The number of carbonyl (C=O) groups excluding carboxylic acids is 1. The lowest BCUT2D eigenvalue weighted by atomic mass is 9.94. The monoisotopic (exact) mass is 470 g/mol. The van der Waals surface area contributed by atoms with Crippen molar-refractivity contribution in [1.82, 2.24) is 5.32 Å². The number of hydrogen-bond donors (Lipinski definition) is 1. The number of aryl methyl sites for hydroxylation is 2. The molecule has 0 unspecified atom stereocenters. The molecular weight excluding hydrogens is 444 g/mol. The molecule has 0 aliphatic heterocycles. The van der Waals surface area contributed by atoms with Gasteiger partial charge in [-0.3, -0.25) is 9.10 Å². The number of anilines is 1. The highest BCUT2D eigenvalue weighted by Crippen LogP contribution is 2.29. The van der Waals surface area contributed by atoms with Crippen LogP contribution in [0.5, 0.6) is 0 Å². The SMILES string of the molecule is Cc1ccccc1[C@@H](NC(=O)[C@H](C)N(c1cc(Cl)ccc1C)S(C)(=O)=O)c1ccccc1. The third-order valence-electron chi connectivity index (χ3n) is 5.42. The minimum Gasteiger partial charge on any atom is -0.343 e. The molecule has 1 N–H and O–H groups in total. The molecule has 0 aliphatic carbocycles. The topological polar surface area (TPSA) is 66.5 Å². The van der Waals surface area contributed by atoms with Crippen molar-refractivity contribution in [3.05, 3.63) is 100 Å². The second-order valence-electron chi connectivity index (χ2n) is 7.87. The smallest absolute Gasteiger partial charge is 0.244 e. The number of sulfonamides is 1. The van der Waals surface area contributed by atoms with Crippen LogP contribution in [0.3, 0.4) is 0 Å². The predicted molar refractivity (Wildman–Crippen MR) is 131 cm³/mol. The Labute approximate surface area is 195 Å². The van der Waals surface area contributed by atoms with Gasteiger partial charge in [-0.15, -0.1) is 0 Å². The quantitative estimate of drug-likeness (QED) is 0.527. The van der Waals surface area contributed by atoms with E-state index >= 15 is 0 Å². The van der Waals surface area contributed by atoms with Crippen molar-refractivity contribution in [3.63, 3.8) is 0 Å². The Kier molecular flexibility index (Phi) is 7.26. The number of hydrogen-bond acceptors (Lipinski definition) is 3. The summed E-state index contributed by atoms with van der Waals surface area (Å²) in [5, 5.41) is 3.47. The maximum Gasteiger partial charge on any atom is 0.244 e. The molecule has 5 nitrogen and oxygen atoms in total. The molecule has 3 aromatic carbocycles. The van der Waals surface area contributed by atoms with Gasteiger partial charge in [0.05, 0.1) is 18.0 Å². The summed E-state index contributed by atoms with van der Waals surface area (Å²) in [6.07, 6.45) is 1.09. The Morgan fingerprint density at radius 2 is 1.56 bits per heavy atom. The van der Waals surface area contributed by atoms with E-state index in [0.717, 1.165) is 27.3 Å². The molecule has 0 saturated carbocycles. The highest BCUT2D eigenvalue weighted by molar-refractivity contribution is 7.92. The number of rotatable bonds is 7. The first kappa shape index (κ1) is 23.8. The van der Waals surface area contributed by atoms with E-state index in [1.807, 2.05) is 61.5 Å². The van der Waals surface area contributed by atoms with Crippen molar-refractivity contribution < 1.29 is 13.2 Å². The van der Waals surface area contributed by atoms with E-state index < -0.39 is 28.0 Å². The van der Waals surface area contributed by atoms with Crippen LogP contribution < -0.4 is 9.62 Å². The number of halogens is 1. The minimum absolute atomic E-state index is 0.384. The summed E-state index contributed by atoms with van der Waals surface area (Å²) in [5.41, 5.74) is 3.98. The summed E-state index contributed by atoms with van der Waals surface area (Å²) in [5.74, 6) is -0.410. The Morgan fingerprint density at radius 1 is 0.938 bits per heavy atom. The lowest BCUT2D eigenvalue weighted by Crippen LogP contribution is -2.49. The van der Waals surface area contributed by atoms with Crippen molar-refractivity contribution >= 4 is 33.2 Å². The fourth-order valence-electron chi connectivity index (χ4n) is 3.76. The van der Waals surface area contributed by atoms with E-state index in [-0.39, 0.29) is 0 Å². The van der Waals surface area contributed by atoms with Gasteiger partial charge in [0.25, 0.3) is 0 Å². The van der Waals surface area contributed by atoms with Crippen LogP contribution in [0.4, 0.5) is 5.69 Å². The molecule has 7 heteroatoms. The molecule has 0 bridgehead atoms. The van der Waals surface area contributed by atoms with Crippen molar-refractivity contribution in [1.29, 1.82) is 0 Å². The molecule has 1 amide bonds. The number of nitrogens with one attached hydrogen (secondary N) is 1. The molecule has 0 radical (unpaired) electrons. The maximum absolute atomic E-state index is 13.4. The van der Waals surface area contributed by atoms with E-state index in [2.05, 4.69) is 5.32 Å². The van der Waals surface area contributed by atoms with E-state index in [1.54, 1.807) is 32.0 Å². The zero-order valence-electron chi connectivity index (χ0n) is 18.5. The molecule has 32 heavy (non-hydrogen) atoms. The highest BCUT2D eigenvalue weighted by Gasteiger charge is 2.32. The van der Waals surface area contributed by atoms with Crippen molar-refractivity contribution in [2.24, 2.45) is 0 Å². The molecule has 168 valence electrons. The average molecular weight is 471 g/mol. The second-order valence-corrected chi connectivity index (χ2v) is 10.2. The summed E-state index contributed by atoms with van der Waals surface area (Å²) in [4.78, 5) is 13.4. The Balaban J connectivity index is 2.01. The van der Waals surface area contributed by atoms with Crippen LogP contribution in [0.2, 0.25) is 5.02 Å². The minimum atomic E-state index is -3.76. The van der Waals surface area contributed by atoms with Gasteiger partial charge in [0, 0.05) is 5.02 Å². The van der Waals surface area contributed by atoms with Crippen LogP contribution in [-0.4, -0.2) is 26.6 Å². The molecular formula is C25H27ClN2O3S. The Morgan fingerprint density at radius 3 is 2.19 bits per heavy atom. The molecule has 0 aromatic heterocycles. The number of nitrogens with zero attached hydrogens (tertiary/aromatic N) is 1. The summed E-state index contributed by atoms with van der Waals surface area (Å²) >= 11 is 6.14. The van der Waals surface area contributed by atoms with E-state index in [4.69, 9.17) is 11.6 Å². The van der Waals surface area contributed by atoms with Crippen LogP contribution in [0.1, 0.15) is 35.2 Å². The van der Waals surface area contributed by atoms with Gasteiger partial charge in [0.2, 0.25) is 15.9 Å². The van der Waals surface area contributed by atoms with Gasteiger partial charge in [-0.2, -0.15) is 0 Å². The fraction of sp³-hybridized carbons (Fsp3) is 0.240. The van der Waals surface area contributed by atoms with Gasteiger partial charge in [0.1, 0.15) is 6.04 Å². The first-order valence-corrected chi connectivity index (χ1v) is 12.5. The van der Waals surface area contributed by atoms with Crippen LogP contribution in [-0.2, 0) is 14.8 Å². The highest BCUT2D eigenvalue weighted by atomic mass is 35.5. The van der Waals surface area contributed by atoms with Crippen LogP contribution >= 0.6 is 11.6 Å². The molecule has 3 rings (SSSR count). The standard InChI is InChI=1S/C25H27ClN2O3S/c1-17-10-8-9-13-22(17)24(20-11-6-5-7-12-20)27-25(29)19(3)28(32(4,30)31)23-16-21(26)15-14-18(23)2/h5-16,19,24H,1-4H3,(H,27,29)/t19-,24-/m0/s1. The molecule has 0 saturated heterocycles. The van der Waals surface area contributed by atoms with Gasteiger partial charge < -0.3 is 5.32 Å². The van der Waals surface area contributed by atoms with Crippen LogP contribution in [0.15, 0.2) is 72.8 Å². The first-order chi connectivity index (χ1) is 15.1. The maximum atomic E-state index is 13.4. The van der Waals surface area contributed by atoms with Crippen molar-refractivity contribution in [3.8, 4) is 0 Å². The fourth-order valence-corrected chi connectivity index (χ4v) is 5.15. The van der Waals surface area contributed by atoms with Crippen LogP contribution in [0, 0.1) is 13.8 Å². The zero-order chi connectivity index (χ0) is 23.5. The van der Waals surface area contributed by atoms with Gasteiger partial charge in [-0.1, -0.05) is 72.3 Å². The van der Waals surface area contributed by atoms with E-state index in [0.29, 0.717) is 16.3 Å². The average Bonchev–Trinajstić information content (AvgIpc) is 2.74. The number of benzene rings is 3. The normalized spacial score (nSPS) is 13.3. The molecule has 0 spiro atoms. The first-order valence-electron chi connectivity index (χ1n) is 10.3. The Hall–Kier alpha value is -2.83. The molecule has 0 fully saturated rings. The third-order valence-corrected chi connectivity index (χ3v) is 6.88. The summed E-state index contributed by atoms with van der Waals surface area (Å²) in [6, 6.07) is 21.0. The molecule has 0 aliphatic rings. The molecule has 3 aromatic rings. The van der Waals surface area contributed by atoms with Gasteiger partial charge in [-0.05, 0) is 55.2 Å². The third kappa shape index (κ3) is 5.31. The summed E-state index contributed by atoms with van der Waals surface area (Å²) in [7, 11) is -3.76. The van der Waals surface area contributed by atoms with Gasteiger partial charge in [0.15, 0.2) is 0 Å². The van der Waals surface area contributed by atoms with Gasteiger partial charge >= 0.3 is 0 Å².